The molecule has 92 valence electrons. The second-order valence-electron chi connectivity index (χ2n) is 4.36. The van der Waals surface area contributed by atoms with Crippen molar-refractivity contribution in [2.75, 3.05) is 0 Å². The fourth-order valence-electron chi connectivity index (χ4n) is 2.30. The van der Waals surface area contributed by atoms with Gasteiger partial charge in [0.25, 0.3) is 0 Å². The predicted molar refractivity (Wildman–Crippen MR) is 74.8 cm³/mol. The molecule has 0 atom stereocenters. The van der Waals surface area contributed by atoms with E-state index in [9.17, 15) is 0 Å². The molecule has 5 heteroatoms. The third-order valence-electron chi connectivity index (χ3n) is 3.17. The Labute approximate surface area is 113 Å². The molecule has 0 aromatic carbocycles. The molecule has 0 radical (unpaired) electrons. The molecule has 0 spiro atoms. The summed E-state index contributed by atoms with van der Waals surface area (Å²) >= 11 is 3.53. The maximum atomic E-state index is 4.57. The summed E-state index contributed by atoms with van der Waals surface area (Å²) in [6.45, 7) is 6.05. The van der Waals surface area contributed by atoms with Gasteiger partial charge in [-0.3, -0.25) is 0 Å². The van der Waals surface area contributed by atoms with Crippen LogP contribution < -0.4 is 0 Å². The van der Waals surface area contributed by atoms with Crippen molar-refractivity contribution in [1.29, 1.82) is 0 Å². The molecule has 0 N–H and O–H groups in total. The van der Waals surface area contributed by atoms with Gasteiger partial charge in [0.1, 0.15) is 15.9 Å². The van der Waals surface area contributed by atoms with Gasteiger partial charge in [0.05, 0.1) is 17.5 Å². The van der Waals surface area contributed by atoms with Crippen molar-refractivity contribution >= 4 is 32.3 Å². The minimum absolute atomic E-state index is 0.765. The molecule has 3 aromatic heterocycles. The molecule has 3 heterocycles. The normalized spacial score (nSPS) is 11.6. The molecule has 0 unspecified atom stereocenters. The molecular weight excluding hydrogens is 292 g/mol. The van der Waals surface area contributed by atoms with Crippen LogP contribution in [-0.4, -0.2) is 19.4 Å². The van der Waals surface area contributed by atoms with Gasteiger partial charge in [-0.1, -0.05) is 6.92 Å². The lowest BCUT2D eigenvalue weighted by molar-refractivity contribution is 0.971. The van der Waals surface area contributed by atoms with Gasteiger partial charge < -0.3 is 4.40 Å². The average Bonchev–Trinajstić information content (AvgIpc) is 2.71. The van der Waals surface area contributed by atoms with Crippen LogP contribution in [0, 0.1) is 13.8 Å². The maximum Gasteiger partial charge on any atom is 0.127 e. The van der Waals surface area contributed by atoms with Crippen molar-refractivity contribution in [2.24, 2.45) is 0 Å². The van der Waals surface area contributed by atoms with E-state index >= 15 is 0 Å². The van der Waals surface area contributed by atoms with Crippen LogP contribution in [0.25, 0.3) is 16.4 Å². The van der Waals surface area contributed by atoms with E-state index in [1.54, 1.807) is 0 Å². The van der Waals surface area contributed by atoms with E-state index in [0.29, 0.717) is 0 Å². The topological polar surface area (TPSA) is 43.1 Å². The number of halogens is 1. The Hall–Kier alpha value is -1.49. The zero-order valence-corrected chi connectivity index (χ0v) is 12.1. The molecule has 0 bridgehead atoms. The van der Waals surface area contributed by atoms with Crippen molar-refractivity contribution in [1.82, 2.24) is 19.4 Å². The molecular formula is C13H13BrN4. The Bertz CT molecular complexity index is 761. The van der Waals surface area contributed by atoms with Gasteiger partial charge >= 0.3 is 0 Å². The molecule has 18 heavy (non-hydrogen) atoms. The third kappa shape index (κ3) is 1.54. The highest BCUT2D eigenvalue weighted by Gasteiger charge is 2.13. The molecule has 4 nitrogen and oxygen atoms in total. The van der Waals surface area contributed by atoms with E-state index in [0.717, 1.165) is 39.0 Å². The summed E-state index contributed by atoms with van der Waals surface area (Å²) in [7, 11) is 0. The standard InChI is InChI=1S/C13H13BrN4/c1-4-9-5-10-11(16-8(3)17-13(10)14)12-7(2)15-6-18(9)12/h5-6H,4H2,1-3H3. The van der Waals surface area contributed by atoms with Gasteiger partial charge in [-0.2, -0.15) is 0 Å². The van der Waals surface area contributed by atoms with Gasteiger partial charge in [0.15, 0.2) is 0 Å². The van der Waals surface area contributed by atoms with Gasteiger partial charge in [-0.25, -0.2) is 15.0 Å². The Balaban J connectivity index is 2.62. The number of nitrogens with zero attached hydrogens (tertiary/aromatic N) is 4. The first kappa shape index (κ1) is 11.6. The summed E-state index contributed by atoms with van der Waals surface area (Å²) in [5.41, 5.74) is 4.25. The Kier molecular flexibility index (Phi) is 2.59. The monoisotopic (exact) mass is 304 g/mol. The minimum atomic E-state index is 0.765. The molecule has 3 rings (SSSR count). The van der Waals surface area contributed by atoms with E-state index in [1.807, 2.05) is 20.2 Å². The number of fused-ring (bicyclic) bond motifs is 3. The minimum Gasteiger partial charge on any atom is -0.301 e. The molecule has 0 saturated heterocycles. The van der Waals surface area contributed by atoms with Crippen LogP contribution in [0.5, 0.6) is 0 Å². The lowest BCUT2D eigenvalue weighted by atomic mass is 10.2. The van der Waals surface area contributed by atoms with E-state index in [1.165, 1.54) is 5.69 Å². The summed E-state index contributed by atoms with van der Waals surface area (Å²) < 4.78 is 2.97. The van der Waals surface area contributed by atoms with Crippen LogP contribution >= 0.6 is 15.9 Å². The number of aromatic nitrogens is 4. The van der Waals surface area contributed by atoms with Crippen molar-refractivity contribution in [3.8, 4) is 0 Å². The lowest BCUT2D eigenvalue weighted by Gasteiger charge is -2.09. The highest BCUT2D eigenvalue weighted by Crippen LogP contribution is 2.27. The summed E-state index contributed by atoms with van der Waals surface area (Å²) in [6, 6.07) is 2.13. The SMILES string of the molecule is CCc1cc2c(Br)nc(C)nc2c2c(C)ncn12. The van der Waals surface area contributed by atoms with Gasteiger partial charge in [0, 0.05) is 11.1 Å². The molecule has 0 aliphatic carbocycles. The number of hydrogen-bond acceptors (Lipinski definition) is 3. The van der Waals surface area contributed by atoms with Crippen LogP contribution in [0.4, 0.5) is 0 Å². The molecule has 0 saturated carbocycles. The first-order valence-corrected chi connectivity index (χ1v) is 6.70. The van der Waals surface area contributed by atoms with Crippen molar-refractivity contribution in [2.45, 2.75) is 27.2 Å². The zero-order chi connectivity index (χ0) is 12.9. The molecule has 0 amide bonds. The summed E-state index contributed by atoms with van der Waals surface area (Å²) in [5, 5.41) is 1.05. The van der Waals surface area contributed by atoms with Crippen LogP contribution in [-0.2, 0) is 6.42 Å². The number of hydrogen-bond donors (Lipinski definition) is 0. The quantitative estimate of drug-likeness (QED) is 0.648. The van der Waals surface area contributed by atoms with Crippen LogP contribution in [0.3, 0.4) is 0 Å². The number of rotatable bonds is 1. The summed E-state index contributed by atoms with van der Waals surface area (Å²) in [5.74, 6) is 0.765. The highest BCUT2D eigenvalue weighted by molar-refractivity contribution is 9.10. The van der Waals surface area contributed by atoms with Crippen LogP contribution in [0.15, 0.2) is 17.0 Å². The second kappa shape index (κ2) is 4.02. The maximum absolute atomic E-state index is 4.57. The molecule has 0 aliphatic rings. The molecule has 0 aliphatic heterocycles. The predicted octanol–water partition coefficient (Wildman–Crippen LogP) is 3.22. The van der Waals surface area contributed by atoms with E-state index in [2.05, 4.69) is 48.3 Å². The highest BCUT2D eigenvalue weighted by atomic mass is 79.9. The lowest BCUT2D eigenvalue weighted by Crippen LogP contribution is -1.99. The Morgan fingerprint density at radius 3 is 2.78 bits per heavy atom. The summed E-state index contributed by atoms with van der Waals surface area (Å²) in [6.07, 6.45) is 2.82. The Morgan fingerprint density at radius 2 is 2.06 bits per heavy atom. The van der Waals surface area contributed by atoms with E-state index in [4.69, 9.17) is 0 Å². The summed E-state index contributed by atoms with van der Waals surface area (Å²) in [4.78, 5) is 13.3. The fraction of sp³-hybridized carbons (Fsp3) is 0.308. The van der Waals surface area contributed by atoms with Crippen LogP contribution in [0.2, 0.25) is 0 Å². The van der Waals surface area contributed by atoms with Gasteiger partial charge in [-0.15, -0.1) is 0 Å². The number of imidazole rings is 1. The first-order chi connectivity index (χ1) is 8.61. The number of pyridine rings is 1. The first-order valence-electron chi connectivity index (χ1n) is 5.91. The van der Waals surface area contributed by atoms with Crippen molar-refractivity contribution in [3.05, 3.63) is 34.2 Å². The van der Waals surface area contributed by atoms with Crippen molar-refractivity contribution in [3.63, 3.8) is 0 Å². The Morgan fingerprint density at radius 1 is 1.28 bits per heavy atom. The van der Waals surface area contributed by atoms with Crippen LogP contribution in [0.1, 0.15) is 24.1 Å². The zero-order valence-electron chi connectivity index (χ0n) is 10.5. The second-order valence-corrected chi connectivity index (χ2v) is 5.11. The van der Waals surface area contributed by atoms with E-state index < -0.39 is 0 Å². The van der Waals surface area contributed by atoms with Gasteiger partial charge in [0.2, 0.25) is 0 Å². The number of aryl methyl sites for hydroxylation is 3. The average molecular weight is 305 g/mol. The smallest absolute Gasteiger partial charge is 0.127 e. The molecule has 0 fully saturated rings. The fourth-order valence-corrected chi connectivity index (χ4v) is 2.86. The van der Waals surface area contributed by atoms with E-state index in [-0.39, 0.29) is 0 Å². The largest absolute Gasteiger partial charge is 0.301 e. The van der Waals surface area contributed by atoms with Gasteiger partial charge in [-0.05, 0) is 42.3 Å². The third-order valence-corrected chi connectivity index (χ3v) is 3.77. The van der Waals surface area contributed by atoms with Crippen molar-refractivity contribution < 1.29 is 0 Å². The molecule has 3 aromatic rings.